The fourth-order valence-electron chi connectivity index (χ4n) is 4.07. The van der Waals surface area contributed by atoms with Crippen molar-refractivity contribution in [2.24, 2.45) is 7.05 Å². The van der Waals surface area contributed by atoms with Crippen LogP contribution in [0.4, 0.5) is 0 Å². The van der Waals surface area contributed by atoms with E-state index in [1.807, 2.05) is 6.07 Å². The summed E-state index contributed by atoms with van der Waals surface area (Å²) in [6, 6.07) is 17.4. The van der Waals surface area contributed by atoms with Gasteiger partial charge in [-0.25, -0.2) is 0 Å². The average Bonchev–Trinajstić information content (AvgIpc) is 2.93. The molecule has 3 aromatic rings. The number of aromatic nitrogens is 1. The maximum Gasteiger partial charge on any atom is 0.129 e. The highest BCUT2D eigenvalue weighted by molar-refractivity contribution is 5.91. The molecule has 0 bridgehead atoms. The molecule has 138 valence electrons. The third-order valence-electron chi connectivity index (χ3n) is 5.54. The number of benzene rings is 2. The fourth-order valence-corrected chi connectivity index (χ4v) is 4.07. The molecule has 0 fully saturated rings. The normalized spacial score (nSPS) is 16.4. The Kier molecular flexibility index (Phi) is 5.59. The maximum atomic E-state index is 6.25. The lowest BCUT2D eigenvalue weighted by Gasteiger charge is -2.29. The molecule has 1 atom stereocenters. The van der Waals surface area contributed by atoms with E-state index in [1.54, 1.807) is 0 Å². The first-order valence-corrected chi connectivity index (χ1v) is 9.07. The van der Waals surface area contributed by atoms with Crippen molar-refractivity contribution in [1.82, 2.24) is 9.47 Å². The molecule has 0 saturated carbocycles. The Morgan fingerprint density at radius 2 is 1.85 bits per heavy atom. The van der Waals surface area contributed by atoms with E-state index in [1.165, 1.54) is 34.1 Å². The highest BCUT2D eigenvalue weighted by Gasteiger charge is 2.27. The molecule has 4 heteroatoms. The summed E-state index contributed by atoms with van der Waals surface area (Å²) in [5.41, 5.74) is 5.44. The van der Waals surface area contributed by atoms with Crippen molar-refractivity contribution in [2.45, 2.75) is 31.9 Å². The summed E-state index contributed by atoms with van der Waals surface area (Å²) in [6.45, 7) is 0.612. The Balaban J connectivity index is 0.00000196. The number of hydrogen-bond acceptors (Lipinski definition) is 2. The predicted molar refractivity (Wildman–Crippen MR) is 110 cm³/mol. The molecule has 2 aromatic carbocycles. The van der Waals surface area contributed by atoms with E-state index in [4.69, 9.17) is 4.74 Å². The summed E-state index contributed by atoms with van der Waals surface area (Å²) < 4.78 is 8.62. The van der Waals surface area contributed by atoms with E-state index in [2.05, 4.69) is 73.1 Å². The molecule has 1 aliphatic carbocycles. The van der Waals surface area contributed by atoms with Crippen molar-refractivity contribution in [3.8, 4) is 5.75 Å². The van der Waals surface area contributed by atoms with E-state index in [0.29, 0.717) is 12.6 Å². The third-order valence-corrected chi connectivity index (χ3v) is 5.54. The lowest BCUT2D eigenvalue weighted by atomic mass is 9.90. The highest BCUT2D eigenvalue weighted by atomic mass is 35.5. The molecule has 0 spiro atoms. The van der Waals surface area contributed by atoms with Gasteiger partial charge in [0.1, 0.15) is 12.4 Å². The third kappa shape index (κ3) is 3.34. The van der Waals surface area contributed by atoms with E-state index < -0.39 is 0 Å². The van der Waals surface area contributed by atoms with Gasteiger partial charge in [-0.2, -0.15) is 0 Å². The van der Waals surface area contributed by atoms with Gasteiger partial charge in [0, 0.05) is 24.2 Å². The SMILES string of the molecule is CN(C)C1CCc2c(c3c(OCc4ccccc4)cccc3n2C)C1.Cl. The molecule has 4 rings (SSSR count). The summed E-state index contributed by atoms with van der Waals surface area (Å²) in [5, 5.41) is 1.31. The molecule has 0 amide bonds. The molecule has 0 aliphatic heterocycles. The molecule has 1 heterocycles. The molecule has 1 unspecified atom stereocenters. The molecule has 0 saturated heterocycles. The van der Waals surface area contributed by atoms with Gasteiger partial charge in [0.25, 0.3) is 0 Å². The minimum absolute atomic E-state index is 0. The Bertz CT molecular complexity index is 886. The number of hydrogen-bond donors (Lipinski definition) is 0. The van der Waals surface area contributed by atoms with Crippen LogP contribution in [0.15, 0.2) is 48.5 Å². The molecule has 3 nitrogen and oxygen atoms in total. The smallest absolute Gasteiger partial charge is 0.129 e. The van der Waals surface area contributed by atoms with Crippen molar-refractivity contribution >= 4 is 23.3 Å². The Morgan fingerprint density at radius 1 is 1.08 bits per heavy atom. The number of nitrogens with zero attached hydrogens (tertiary/aromatic N) is 2. The topological polar surface area (TPSA) is 17.4 Å². The van der Waals surface area contributed by atoms with Gasteiger partial charge in [0.15, 0.2) is 0 Å². The fraction of sp³-hybridized carbons (Fsp3) is 0.364. The molecule has 1 aromatic heterocycles. The summed E-state index contributed by atoms with van der Waals surface area (Å²) in [4.78, 5) is 2.36. The lowest BCUT2D eigenvalue weighted by Crippen LogP contribution is -2.33. The average molecular weight is 371 g/mol. The maximum absolute atomic E-state index is 6.25. The van der Waals surface area contributed by atoms with Gasteiger partial charge in [-0.3, -0.25) is 0 Å². The minimum atomic E-state index is 0. The van der Waals surface area contributed by atoms with Gasteiger partial charge in [0.05, 0.1) is 5.52 Å². The van der Waals surface area contributed by atoms with Crippen molar-refractivity contribution < 1.29 is 4.74 Å². The summed E-state index contributed by atoms with van der Waals surface area (Å²) in [6.07, 6.45) is 3.47. The molecule has 0 N–H and O–H groups in total. The molecule has 1 aliphatic rings. The van der Waals surface area contributed by atoms with E-state index >= 15 is 0 Å². The minimum Gasteiger partial charge on any atom is -0.488 e. The molecule has 26 heavy (non-hydrogen) atoms. The molecule has 0 radical (unpaired) electrons. The van der Waals surface area contributed by atoms with Gasteiger partial charge < -0.3 is 14.2 Å². The second kappa shape index (κ2) is 7.73. The van der Waals surface area contributed by atoms with Crippen LogP contribution in [0, 0.1) is 0 Å². The van der Waals surface area contributed by atoms with Crippen molar-refractivity contribution in [3.05, 3.63) is 65.4 Å². The monoisotopic (exact) mass is 370 g/mol. The Hall–Kier alpha value is -1.97. The van der Waals surface area contributed by atoms with Crippen LogP contribution in [0.1, 0.15) is 23.2 Å². The summed E-state index contributed by atoms with van der Waals surface area (Å²) in [5.74, 6) is 1.01. The highest BCUT2D eigenvalue weighted by Crippen LogP contribution is 2.38. The van der Waals surface area contributed by atoms with E-state index in [0.717, 1.165) is 18.6 Å². The van der Waals surface area contributed by atoms with Crippen LogP contribution in [0.5, 0.6) is 5.75 Å². The largest absolute Gasteiger partial charge is 0.488 e. The van der Waals surface area contributed by atoms with Gasteiger partial charge in [-0.15, -0.1) is 12.4 Å². The first kappa shape index (κ1) is 18.8. The van der Waals surface area contributed by atoms with E-state index in [9.17, 15) is 0 Å². The number of halogens is 1. The van der Waals surface area contributed by atoms with Crippen molar-refractivity contribution in [1.29, 1.82) is 0 Å². The Morgan fingerprint density at radius 3 is 2.58 bits per heavy atom. The summed E-state index contributed by atoms with van der Waals surface area (Å²) >= 11 is 0. The predicted octanol–water partition coefficient (Wildman–Crippen LogP) is 4.60. The zero-order valence-corrected chi connectivity index (χ0v) is 16.6. The number of likely N-dealkylation sites (N-methyl/N-ethyl adjacent to an activating group) is 1. The van der Waals surface area contributed by atoms with Gasteiger partial charge in [-0.1, -0.05) is 36.4 Å². The first-order chi connectivity index (χ1) is 12.1. The van der Waals surface area contributed by atoms with Crippen LogP contribution in [-0.2, 0) is 26.5 Å². The quantitative estimate of drug-likeness (QED) is 0.667. The summed E-state index contributed by atoms with van der Waals surface area (Å²) in [7, 11) is 6.57. The number of rotatable bonds is 4. The number of ether oxygens (including phenoxy) is 1. The lowest BCUT2D eigenvalue weighted by molar-refractivity contribution is 0.266. The second-order valence-corrected chi connectivity index (χ2v) is 7.27. The van der Waals surface area contributed by atoms with Crippen LogP contribution in [0.3, 0.4) is 0 Å². The number of aryl methyl sites for hydroxylation is 1. The van der Waals surface area contributed by atoms with Gasteiger partial charge in [0.2, 0.25) is 0 Å². The zero-order chi connectivity index (χ0) is 17.4. The van der Waals surface area contributed by atoms with Crippen LogP contribution in [0.25, 0.3) is 10.9 Å². The second-order valence-electron chi connectivity index (χ2n) is 7.27. The van der Waals surface area contributed by atoms with Crippen LogP contribution in [-0.4, -0.2) is 29.6 Å². The zero-order valence-electron chi connectivity index (χ0n) is 15.7. The van der Waals surface area contributed by atoms with Crippen LogP contribution in [0.2, 0.25) is 0 Å². The number of fused-ring (bicyclic) bond motifs is 3. The van der Waals surface area contributed by atoms with Crippen molar-refractivity contribution in [3.63, 3.8) is 0 Å². The van der Waals surface area contributed by atoms with Crippen LogP contribution < -0.4 is 4.74 Å². The van der Waals surface area contributed by atoms with Crippen LogP contribution >= 0.6 is 12.4 Å². The van der Waals surface area contributed by atoms with E-state index in [-0.39, 0.29) is 12.4 Å². The standard InChI is InChI=1S/C22H26N2O.ClH/c1-23(2)17-12-13-19-18(14-17)22-20(24(19)3)10-7-11-21(22)25-15-16-8-5-4-6-9-16;/h4-11,17H,12-15H2,1-3H3;1H. The van der Waals surface area contributed by atoms with Gasteiger partial charge >= 0.3 is 0 Å². The molecular formula is C22H27ClN2O. The first-order valence-electron chi connectivity index (χ1n) is 9.07. The van der Waals surface area contributed by atoms with Crippen molar-refractivity contribution in [2.75, 3.05) is 14.1 Å². The van der Waals surface area contributed by atoms with Gasteiger partial charge in [-0.05, 0) is 56.6 Å². The molecular weight excluding hydrogens is 344 g/mol. The Labute approximate surface area is 162 Å².